The Labute approximate surface area is 189 Å². The number of carbonyl (C=O) groups is 2. The fraction of sp³-hybridized carbons (Fsp3) is 0.0833. The second kappa shape index (κ2) is 9.93. The molecule has 1 aromatic heterocycles. The zero-order valence-electron chi connectivity index (χ0n) is 17.4. The summed E-state index contributed by atoms with van der Waals surface area (Å²) in [6.45, 7) is 1.47. The van der Waals surface area contributed by atoms with Crippen LogP contribution in [0.5, 0.6) is 0 Å². The SMILES string of the molecule is CC(=O)Nc1ccc(-c2nnc(SCC(=O)Nc3ccccc3)n2-c2ccccc2)cc1. The molecule has 1 heterocycles. The molecule has 0 bridgehead atoms. The summed E-state index contributed by atoms with van der Waals surface area (Å²) in [5.74, 6) is 0.598. The van der Waals surface area contributed by atoms with Crippen LogP contribution in [0.15, 0.2) is 90.1 Å². The summed E-state index contributed by atoms with van der Waals surface area (Å²) in [5.41, 5.74) is 3.20. The maximum atomic E-state index is 12.4. The Morgan fingerprint density at radius 2 is 1.44 bits per heavy atom. The molecule has 2 N–H and O–H groups in total. The Kier molecular flexibility index (Phi) is 6.62. The van der Waals surface area contributed by atoms with Crippen molar-refractivity contribution in [3.05, 3.63) is 84.9 Å². The van der Waals surface area contributed by atoms with Crippen LogP contribution in [0.3, 0.4) is 0 Å². The van der Waals surface area contributed by atoms with Crippen LogP contribution in [-0.4, -0.2) is 32.3 Å². The largest absolute Gasteiger partial charge is 0.326 e. The molecule has 3 aromatic carbocycles. The van der Waals surface area contributed by atoms with Gasteiger partial charge in [-0.15, -0.1) is 10.2 Å². The highest BCUT2D eigenvalue weighted by molar-refractivity contribution is 7.99. The number of rotatable bonds is 7. The van der Waals surface area contributed by atoms with Gasteiger partial charge >= 0.3 is 0 Å². The van der Waals surface area contributed by atoms with E-state index in [4.69, 9.17) is 0 Å². The first kappa shape index (κ1) is 21.3. The van der Waals surface area contributed by atoms with Crippen molar-refractivity contribution in [2.45, 2.75) is 12.1 Å². The van der Waals surface area contributed by atoms with Crippen molar-refractivity contribution in [1.29, 1.82) is 0 Å². The summed E-state index contributed by atoms with van der Waals surface area (Å²) >= 11 is 1.32. The van der Waals surface area contributed by atoms with E-state index in [-0.39, 0.29) is 17.6 Å². The molecule has 0 aliphatic rings. The molecule has 4 rings (SSSR count). The third-order valence-corrected chi connectivity index (χ3v) is 5.43. The average Bonchev–Trinajstić information content (AvgIpc) is 3.23. The van der Waals surface area contributed by atoms with Gasteiger partial charge in [-0.25, -0.2) is 0 Å². The fourth-order valence-electron chi connectivity index (χ4n) is 3.11. The monoisotopic (exact) mass is 443 g/mol. The Balaban J connectivity index is 1.58. The molecule has 160 valence electrons. The van der Waals surface area contributed by atoms with E-state index in [0.717, 1.165) is 16.9 Å². The number of nitrogens with zero attached hydrogens (tertiary/aromatic N) is 3. The van der Waals surface area contributed by atoms with E-state index in [0.29, 0.717) is 16.7 Å². The van der Waals surface area contributed by atoms with E-state index in [1.165, 1.54) is 18.7 Å². The van der Waals surface area contributed by atoms with Gasteiger partial charge in [-0.3, -0.25) is 14.2 Å². The highest BCUT2D eigenvalue weighted by atomic mass is 32.2. The average molecular weight is 444 g/mol. The maximum absolute atomic E-state index is 12.4. The van der Waals surface area contributed by atoms with Gasteiger partial charge < -0.3 is 10.6 Å². The molecule has 7 nitrogen and oxygen atoms in total. The van der Waals surface area contributed by atoms with E-state index in [1.807, 2.05) is 89.5 Å². The number of para-hydroxylation sites is 2. The number of hydrogen-bond acceptors (Lipinski definition) is 5. The Bertz CT molecular complexity index is 1210. The standard InChI is InChI=1S/C24H21N5O2S/c1-17(30)25-20-14-12-18(13-15-20)23-27-28-24(29(23)21-10-6-3-7-11-21)32-16-22(31)26-19-8-4-2-5-9-19/h2-15H,16H2,1H3,(H,25,30)(H,26,31). The smallest absolute Gasteiger partial charge is 0.234 e. The second-order valence-electron chi connectivity index (χ2n) is 6.94. The molecule has 0 aliphatic heterocycles. The quantitative estimate of drug-likeness (QED) is 0.407. The predicted molar refractivity (Wildman–Crippen MR) is 127 cm³/mol. The minimum Gasteiger partial charge on any atom is -0.326 e. The van der Waals surface area contributed by atoms with Crippen molar-refractivity contribution in [2.75, 3.05) is 16.4 Å². The lowest BCUT2D eigenvalue weighted by molar-refractivity contribution is -0.114. The van der Waals surface area contributed by atoms with E-state index in [9.17, 15) is 9.59 Å². The van der Waals surface area contributed by atoms with Crippen molar-refractivity contribution in [2.24, 2.45) is 0 Å². The number of amides is 2. The van der Waals surface area contributed by atoms with Crippen LogP contribution in [0.1, 0.15) is 6.92 Å². The lowest BCUT2D eigenvalue weighted by Crippen LogP contribution is -2.14. The van der Waals surface area contributed by atoms with Crippen molar-refractivity contribution >= 4 is 35.0 Å². The molecule has 32 heavy (non-hydrogen) atoms. The molecule has 0 unspecified atom stereocenters. The number of benzene rings is 3. The lowest BCUT2D eigenvalue weighted by atomic mass is 10.2. The zero-order chi connectivity index (χ0) is 22.3. The first-order valence-electron chi connectivity index (χ1n) is 9.97. The summed E-state index contributed by atoms with van der Waals surface area (Å²) in [7, 11) is 0. The van der Waals surface area contributed by atoms with E-state index < -0.39 is 0 Å². The molecule has 0 spiro atoms. The summed E-state index contributed by atoms with van der Waals surface area (Å²) in [5, 5.41) is 15.0. The lowest BCUT2D eigenvalue weighted by Gasteiger charge is -2.11. The molecule has 8 heteroatoms. The van der Waals surface area contributed by atoms with E-state index in [2.05, 4.69) is 20.8 Å². The molecule has 0 radical (unpaired) electrons. The molecule has 0 atom stereocenters. The molecule has 0 saturated heterocycles. The highest BCUT2D eigenvalue weighted by Crippen LogP contribution is 2.28. The predicted octanol–water partition coefficient (Wildman–Crippen LogP) is 4.62. The molecule has 2 amide bonds. The third kappa shape index (κ3) is 5.22. The summed E-state index contributed by atoms with van der Waals surface area (Å²) in [4.78, 5) is 23.7. The van der Waals surface area contributed by atoms with Crippen LogP contribution >= 0.6 is 11.8 Å². The number of aromatic nitrogens is 3. The van der Waals surface area contributed by atoms with Gasteiger partial charge in [0.2, 0.25) is 11.8 Å². The number of carbonyl (C=O) groups excluding carboxylic acids is 2. The minimum atomic E-state index is -0.127. The van der Waals surface area contributed by atoms with Gasteiger partial charge in [0.25, 0.3) is 0 Å². The third-order valence-electron chi connectivity index (χ3n) is 4.50. The Morgan fingerprint density at radius 3 is 2.09 bits per heavy atom. The molecule has 0 saturated carbocycles. The van der Waals surface area contributed by atoms with Crippen LogP contribution in [0.25, 0.3) is 17.1 Å². The molecular weight excluding hydrogens is 422 g/mol. The fourth-order valence-corrected chi connectivity index (χ4v) is 3.87. The van der Waals surface area contributed by atoms with E-state index in [1.54, 1.807) is 0 Å². The first-order valence-corrected chi connectivity index (χ1v) is 11.0. The van der Waals surface area contributed by atoms with Crippen LogP contribution < -0.4 is 10.6 Å². The summed E-state index contributed by atoms with van der Waals surface area (Å²) in [6.07, 6.45) is 0. The molecule has 0 aliphatic carbocycles. The highest BCUT2D eigenvalue weighted by Gasteiger charge is 2.17. The van der Waals surface area contributed by atoms with Crippen molar-refractivity contribution in [3.63, 3.8) is 0 Å². The van der Waals surface area contributed by atoms with Crippen molar-refractivity contribution in [1.82, 2.24) is 14.8 Å². The minimum absolute atomic E-state index is 0.120. The van der Waals surface area contributed by atoms with Crippen molar-refractivity contribution in [3.8, 4) is 17.1 Å². The normalized spacial score (nSPS) is 10.5. The van der Waals surface area contributed by atoms with Crippen LogP contribution in [0, 0.1) is 0 Å². The second-order valence-corrected chi connectivity index (χ2v) is 7.88. The molecule has 0 fully saturated rings. The van der Waals surface area contributed by atoms with Crippen LogP contribution in [0.2, 0.25) is 0 Å². The van der Waals surface area contributed by atoms with Crippen LogP contribution in [-0.2, 0) is 9.59 Å². The van der Waals surface area contributed by atoms with Gasteiger partial charge in [0.1, 0.15) is 0 Å². The van der Waals surface area contributed by atoms with Gasteiger partial charge in [0, 0.05) is 29.5 Å². The number of anilines is 2. The van der Waals surface area contributed by atoms with Gasteiger partial charge in [-0.2, -0.15) is 0 Å². The number of thioether (sulfide) groups is 1. The first-order chi connectivity index (χ1) is 15.6. The maximum Gasteiger partial charge on any atom is 0.234 e. The zero-order valence-corrected chi connectivity index (χ0v) is 18.2. The van der Waals surface area contributed by atoms with Gasteiger partial charge in [-0.1, -0.05) is 48.2 Å². The number of nitrogens with one attached hydrogen (secondary N) is 2. The summed E-state index contributed by atoms with van der Waals surface area (Å²) in [6, 6.07) is 26.5. The van der Waals surface area contributed by atoms with Gasteiger partial charge in [0.05, 0.1) is 5.75 Å². The van der Waals surface area contributed by atoms with Gasteiger partial charge in [0.15, 0.2) is 11.0 Å². The topological polar surface area (TPSA) is 88.9 Å². The van der Waals surface area contributed by atoms with Crippen molar-refractivity contribution < 1.29 is 9.59 Å². The molecule has 4 aromatic rings. The Morgan fingerprint density at radius 1 is 0.812 bits per heavy atom. The van der Waals surface area contributed by atoms with E-state index >= 15 is 0 Å². The van der Waals surface area contributed by atoms with Gasteiger partial charge in [-0.05, 0) is 48.5 Å². The van der Waals surface area contributed by atoms with Crippen LogP contribution in [0.4, 0.5) is 11.4 Å². The number of hydrogen-bond donors (Lipinski definition) is 2. The Hall–Kier alpha value is -3.91. The summed E-state index contributed by atoms with van der Waals surface area (Å²) < 4.78 is 1.92. The molecular formula is C24H21N5O2S.